The van der Waals surface area contributed by atoms with Crippen LogP contribution >= 0.6 is 0 Å². The van der Waals surface area contributed by atoms with Crippen LogP contribution in [0, 0.1) is 22.7 Å². The van der Waals surface area contributed by atoms with Crippen molar-refractivity contribution in [3.63, 3.8) is 0 Å². The van der Waals surface area contributed by atoms with Crippen molar-refractivity contribution in [2.75, 3.05) is 7.05 Å². The Morgan fingerprint density at radius 1 is 1.00 bits per heavy atom. The highest BCUT2D eigenvalue weighted by Crippen LogP contribution is 2.03. The van der Waals surface area contributed by atoms with Gasteiger partial charge in [0.05, 0.1) is 11.1 Å². The molecular formula is C9H9N3. The molecule has 1 rings (SSSR count). The van der Waals surface area contributed by atoms with Gasteiger partial charge in [-0.2, -0.15) is 10.5 Å². The van der Waals surface area contributed by atoms with Crippen LogP contribution in [0.4, 0.5) is 0 Å². The van der Waals surface area contributed by atoms with Crippen LogP contribution in [0.25, 0.3) is 0 Å². The second-order valence-corrected chi connectivity index (χ2v) is 1.77. The first-order chi connectivity index (χ1) is 5.88. The normalized spacial score (nSPS) is 7.00. The molecule has 3 nitrogen and oxygen atoms in total. The summed E-state index contributed by atoms with van der Waals surface area (Å²) in [7, 11) is 1.50. The van der Waals surface area contributed by atoms with Gasteiger partial charge in [-0.15, -0.1) is 0 Å². The van der Waals surface area contributed by atoms with Gasteiger partial charge in [0, 0.05) is 0 Å². The predicted molar refractivity (Wildman–Crippen MR) is 46.0 cm³/mol. The average Bonchev–Trinajstić information content (AvgIpc) is 2.20. The molecule has 0 fully saturated rings. The summed E-state index contributed by atoms with van der Waals surface area (Å²) < 4.78 is 0. The van der Waals surface area contributed by atoms with Crippen LogP contribution in [0.5, 0.6) is 0 Å². The van der Waals surface area contributed by atoms with E-state index in [1.165, 1.54) is 7.05 Å². The smallest absolute Gasteiger partial charge is 0.101 e. The lowest BCUT2D eigenvalue weighted by atomic mass is 10.1. The molecule has 1 aromatic rings. The fraction of sp³-hybridized carbons (Fsp3) is 0.111. The van der Waals surface area contributed by atoms with Crippen molar-refractivity contribution in [2.45, 2.75) is 0 Å². The summed E-state index contributed by atoms with van der Waals surface area (Å²) in [6, 6.07) is 10.6. The molecule has 3 heteroatoms. The Labute approximate surface area is 71.7 Å². The lowest BCUT2D eigenvalue weighted by Crippen LogP contribution is -1.79. The molecule has 60 valence electrons. The number of nitrogens with zero attached hydrogens (tertiary/aromatic N) is 2. The second kappa shape index (κ2) is 5.91. The molecule has 0 atom stereocenters. The van der Waals surface area contributed by atoms with Gasteiger partial charge in [-0.25, -0.2) is 0 Å². The van der Waals surface area contributed by atoms with Crippen LogP contribution in [-0.4, -0.2) is 7.05 Å². The molecule has 0 heterocycles. The Balaban J connectivity index is 0.000000561. The lowest BCUT2D eigenvalue weighted by Gasteiger charge is -1.88. The largest absolute Gasteiger partial charge is 0.333 e. The summed E-state index contributed by atoms with van der Waals surface area (Å²) in [5.41, 5.74) is 5.37. The van der Waals surface area contributed by atoms with Crippen LogP contribution in [0.3, 0.4) is 0 Å². The van der Waals surface area contributed by atoms with Gasteiger partial charge in [0.2, 0.25) is 0 Å². The molecule has 0 aliphatic carbocycles. The minimum atomic E-state index is 0.435. The van der Waals surface area contributed by atoms with Crippen molar-refractivity contribution in [3.8, 4) is 12.1 Å². The van der Waals surface area contributed by atoms with Crippen molar-refractivity contribution < 1.29 is 0 Å². The van der Waals surface area contributed by atoms with Gasteiger partial charge in [-0.1, -0.05) is 12.1 Å². The number of benzene rings is 1. The zero-order valence-corrected chi connectivity index (χ0v) is 6.78. The molecule has 2 N–H and O–H groups in total. The SMILES string of the molecule is CN.N#Cc1ccccc1C#N. The first-order valence-electron chi connectivity index (χ1n) is 3.35. The highest BCUT2D eigenvalue weighted by molar-refractivity contribution is 5.44. The highest BCUT2D eigenvalue weighted by Gasteiger charge is 1.95. The minimum absolute atomic E-state index is 0.435. The van der Waals surface area contributed by atoms with Gasteiger partial charge in [-0.3, -0.25) is 0 Å². The highest BCUT2D eigenvalue weighted by atomic mass is 14.4. The summed E-state index contributed by atoms with van der Waals surface area (Å²) in [5.74, 6) is 0. The second-order valence-electron chi connectivity index (χ2n) is 1.77. The Bertz CT molecular complexity index is 284. The van der Waals surface area contributed by atoms with Crippen molar-refractivity contribution >= 4 is 0 Å². The molecule has 0 spiro atoms. The van der Waals surface area contributed by atoms with E-state index in [1.54, 1.807) is 24.3 Å². The third-order valence-corrected chi connectivity index (χ3v) is 1.17. The summed E-state index contributed by atoms with van der Waals surface area (Å²) in [4.78, 5) is 0. The van der Waals surface area contributed by atoms with Crippen LogP contribution < -0.4 is 5.73 Å². The topological polar surface area (TPSA) is 73.6 Å². The number of nitriles is 2. The zero-order valence-electron chi connectivity index (χ0n) is 6.78. The molecule has 0 radical (unpaired) electrons. The van der Waals surface area contributed by atoms with E-state index in [0.717, 1.165) is 0 Å². The minimum Gasteiger partial charge on any atom is -0.333 e. The molecule has 0 unspecified atom stereocenters. The molecule has 0 amide bonds. The van der Waals surface area contributed by atoms with Gasteiger partial charge < -0.3 is 5.73 Å². The van der Waals surface area contributed by atoms with E-state index in [2.05, 4.69) is 5.73 Å². The maximum Gasteiger partial charge on any atom is 0.101 e. The van der Waals surface area contributed by atoms with E-state index in [9.17, 15) is 0 Å². The Hall–Kier alpha value is -1.84. The van der Waals surface area contributed by atoms with Crippen molar-refractivity contribution in [1.82, 2.24) is 0 Å². The van der Waals surface area contributed by atoms with Crippen LogP contribution in [0.2, 0.25) is 0 Å². The predicted octanol–water partition coefficient (Wildman–Crippen LogP) is 1.00. The van der Waals surface area contributed by atoms with E-state index in [0.29, 0.717) is 11.1 Å². The molecule has 0 saturated carbocycles. The summed E-state index contributed by atoms with van der Waals surface area (Å²) in [6.45, 7) is 0. The summed E-state index contributed by atoms with van der Waals surface area (Å²) >= 11 is 0. The van der Waals surface area contributed by atoms with E-state index in [1.807, 2.05) is 12.1 Å². The Morgan fingerprint density at radius 2 is 1.33 bits per heavy atom. The third-order valence-electron chi connectivity index (χ3n) is 1.17. The van der Waals surface area contributed by atoms with E-state index >= 15 is 0 Å². The maximum absolute atomic E-state index is 8.45. The van der Waals surface area contributed by atoms with Gasteiger partial charge >= 0.3 is 0 Å². The number of rotatable bonds is 0. The quantitative estimate of drug-likeness (QED) is 0.613. The first-order valence-corrected chi connectivity index (χ1v) is 3.35. The van der Waals surface area contributed by atoms with Gasteiger partial charge in [0.15, 0.2) is 0 Å². The van der Waals surface area contributed by atoms with E-state index < -0.39 is 0 Å². The van der Waals surface area contributed by atoms with Crippen LogP contribution in [0.1, 0.15) is 11.1 Å². The zero-order chi connectivity index (χ0) is 9.40. The Morgan fingerprint density at radius 3 is 1.58 bits per heavy atom. The standard InChI is InChI=1S/C8H4N2.CH5N/c9-5-7-3-1-2-4-8(7)6-10;1-2/h1-4H;2H2,1H3. The van der Waals surface area contributed by atoms with Gasteiger partial charge in [0.1, 0.15) is 12.1 Å². The first kappa shape index (κ1) is 10.2. The molecule has 0 bridgehead atoms. The lowest BCUT2D eigenvalue weighted by molar-refractivity contribution is 1.43. The van der Waals surface area contributed by atoms with E-state index in [4.69, 9.17) is 10.5 Å². The summed E-state index contributed by atoms with van der Waals surface area (Å²) in [6.07, 6.45) is 0. The van der Waals surface area contributed by atoms with Gasteiger partial charge in [-0.05, 0) is 19.2 Å². The summed E-state index contributed by atoms with van der Waals surface area (Å²) in [5, 5.41) is 16.9. The fourth-order valence-electron chi connectivity index (χ4n) is 0.678. The van der Waals surface area contributed by atoms with Crippen molar-refractivity contribution in [1.29, 1.82) is 10.5 Å². The van der Waals surface area contributed by atoms with Crippen molar-refractivity contribution in [2.24, 2.45) is 5.73 Å². The fourth-order valence-corrected chi connectivity index (χ4v) is 0.678. The molecule has 0 aliphatic heterocycles. The molecule has 12 heavy (non-hydrogen) atoms. The average molecular weight is 159 g/mol. The number of hydrogen-bond donors (Lipinski definition) is 1. The maximum atomic E-state index is 8.45. The van der Waals surface area contributed by atoms with Gasteiger partial charge in [0.25, 0.3) is 0 Å². The molecular weight excluding hydrogens is 150 g/mol. The number of nitrogens with two attached hydrogens (primary N) is 1. The van der Waals surface area contributed by atoms with Crippen molar-refractivity contribution in [3.05, 3.63) is 35.4 Å². The van der Waals surface area contributed by atoms with Crippen LogP contribution in [-0.2, 0) is 0 Å². The van der Waals surface area contributed by atoms with Crippen LogP contribution in [0.15, 0.2) is 24.3 Å². The molecule has 1 aromatic carbocycles. The number of hydrogen-bond acceptors (Lipinski definition) is 3. The Kier molecular flexibility index (Phi) is 5.00. The molecule has 0 aromatic heterocycles. The molecule has 0 aliphatic rings. The third kappa shape index (κ3) is 2.42. The molecule has 0 saturated heterocycles. The van der Waals surface area contributed by atoms with E-state index in [-0.39, 0.29) is 0 Å². The monoisotopic (exact) mass is 159 g/mol.